The Kier molecular flexibility index (Phi) is 7.78. The van der Waals surface area contributed by atoms with Crippen LogP contribution in [0.15, 0.2) is 30.3 Å². The summed E-state index contributed by atoms with van der Waals surface area (Å²) in [6, 6.07) is 10.8. The second kappa shape index (κ2) is 6.58. The summed E-state index contributed by atoms with van der Waals surface area (Å²) < 4.78 is 0. The molecule has 0 heterocycles. The first-order valence-electron chi connectivity index (χ1n) is 3.90. The van der Waals surface area contributed by atoms with Gasteiger partial charge >= 0.3 is 21.7 Å². The minimum atomic E-state index is 0. The Balaban J connectivity index is 0. The van der Waals surface area contributed by atoms with E-state index in [-0.39, 0.29) is 46.5 Å². The van der Waals surface area contributed by atoms with Crippen LogP contribution in [-0.2, 0) is 21.7 Å². The zero-order valence-corrected chi connectivity index (χ0v) is 11.2. The maximum absolute atomic E-state index is 2.18. The molecular weight excluding hydrogens is 251 g/mol. The van der Waals surface area contributed by atoms with Crippen molar-refractivity contribution in [3.05, 3.63) is 41.5 Å². The van der Waals surface area contributed by atoms with Crippen molar-refractivity contribution < 1.29 is 46.5 Å². The van der Waals surface area contributed by atoms with Crippen LogP contribution in [0.4, 0.5) is 0 Å². The van der Waals surface area contributed by atoms with Crippen LogP contribution in [0.3, 0.4) is 0 Å². The molecule has 0 saturated heterocycles. The van der Waals surface area contributed by atoms with Crippen LogP contribution < -0.4 is 24.8 Å². The molecule has 2 rings (SSSR count). The van der Waals surface area contributed by atoms with Gasteiger partial charge in [0.05, 0.1) is 0 Å². The average molecular weight is 262 g/mol. The SMILES string of the molecule is Cc1cccc2[cH-]cc(C)c12.[Cl-].[Cl-].[Ti+3]. The molecule has 2 aromatic carbocycles. The zero-order chi connectivity index (χ0) is 7.84. The second-order valence-corrected chi connectivity index (χ2v) is 3.06. The molecular formula is C11H11Cl2Ti. The van der Waals surface area contributed by atoms with E-state index < -0.39 is 0 Å². The molecule has 0 aliphatic rings. The van der Waals surface area contributed by atoms with E-state index in [1.54, 1.807) is 0 Å². The van der Waals surface area contributed by atoms with Gasteiger partial charge in [0.1, 0.15) is 0 Å². The average Bonchev–Trinajstić information content (AvgIpc) is 2.34. The predicted molar refractivity (Wildman–Crippen MR) is 49.0 cm³/mol. The topological polar surface area (TPSA) is 0 Å². The van der Waals surface area contributed by atoms with Crippen molar-refractivity contribution in [3.8, 4) is 0 Å². The molecule has 0 fully saturated rings. The molecule has 14 heavy (non-hydrogen) atoms. The molecule has 0 amide bonds. The molecule has 0 aliphatic heterocycles. The van der Waals surface area contributed by atoms with Gasteiger partial charge in [-0.25, -0.2) is 0 Å². The van der Waals surface area contributed by atoms with Crippen LogP contribution in [0.5, 0.6) is 0 Å². The van der Waals surface area contributed by atoms with Crippen LogP contribution >= 0.6 is 0 Å². The van der Waals surface area contributed by atoms with Crippen LogP contribution in [0.25, 0.3) is 10.8 Å². The maximum atomic E-state index is 2.18. The van der Waals surface area contributed by atoms with Crippen LogP contribution in [-0.4, -0.2) is 0 Å². The number of benzene rings is 1. The Morgan fingerprint density at radius 1 is 1.00 bits per heavy atom. The molecule has 0 aliphatic carbocycles. The first kappa shape index (κ1) is 16.6. The third kappa shape index (κ3) is 2.81. The van der Waals surface area contributed by atoms with E-state index in [0.29, 0.717) is 0 Å². The smallest absolute Gasteiger partial charge is 1.00 e. The van der Waals surface area contributed by atoms with E-state index in [2.05, 4.69) is 44.2 Å². The van der Waals surface area contributed by atoms with Crippen molar-refractivity contribution in [3.63, 3.8) is 0 Å². The van der Waals surface area contributed by atoms with Gasteiger partial charge in [0.2, 0.25) is 0 Å². The number of hydrogen-bond acceptors (Lipinski definition) is 0. The summed E-state index contributed by atoms with van der Waals surface area (Å²) in [5.41, 5.74) is 2.77. The van der Waals surface area contributed by atoms with Gasteiger partial charge in [0.15, 0.2) is 0 Å². The molecule has 0 unspecified atom stereocenters. The minimum Gasteiger partial charge on any atom is -1.00 e. The predicted octanol–water partition coefficient (Wildman–Crippen LogP) is -2.82. The normalized spacial score (nSPS) is 8.43. The van der Waals surface area contributed by atoms with Gasteiger partial charge < -0.3 is 24.8 Å². The Bertz CT molecular complexity index is 393. The molecule has 3 heteroatoms. The van der Waals surface area contributed by atoms with Crippen molar-refractivity contribution >= 4 is 10.8 Å². The molecule has 1 radical (unpaired) electrons. The second-order valence-electron chi connectivity index (χ2n) is 3.06. The fourth-order valence-corrected chi connectivity index (χ4v) is 1.67. The van der Waals surface area contributed by atoms with Crippen molar-refractivity contribution in [1.29, 1.82) is 0 Å². The van der Waals surface area contributed by atoms with Crippen molar-refractivity contribution in [2.75, 3.05) is 0 Å². The van der Waals surface area contributed by atoms with Gasteiger partial charge in [-0.1, -0.05) is 18.6 Å². The van der Waals surface area contributed by atoms with Crippen LogP contribution in [0.2, 0.25) is 0 Å². The van der Waals surface area contributed by atoms with Crippen LogP contribution in [0, 0.1) is 13.8 Å². The van der Waals surface area contributed by atoms with E-state index in [1.807, 2.05) is 0 Å². The quantitative estimate of drug-likeness (QED) is 0.355. The van der Waals surface area contributed by atoms with Gasteiger partial charge in [-0.2, -0.15) is 11.6 Å². The molecule has 2 aromatic rings. The van der Waals surface area contributed by atoms with E-state index in [4.69, 9.17) is 0 Å². The monoisotopic (exact) mass is 261 g/mol. The molecule has 0 spiro atoms. The number of rotatable bonds is 0. The molecule has 0 aromatic heterocycles. The van der Waals surface area contributed by atoms with Gasteiger partial charge in [-0.15, -0.1) is 29.0 Å². The minimum absolute atomic E-state index is 0. The third-order valence-corrected chi connectivity index (χ3v) is 2.21. The fourth-order valence-electron chi connectivity index (χ4n) is 1.67. The standard InChI is InChI=1S/C11H11.2ClH.Ti/c1-8-4-3-5-10-7-6-9(2)11(8)10;;;/h3-7H,1-2H3;2*1H;/q-1;;;+3/p-2. The van der Waals surface area contributed by atoms with Crippen molar-refractivity contribution in [2.45, 2.75) is 13.8 Å². The van der Waals surface area contributed by atoms with Gasteiger partial charge in [-0.3, -0.25) is 0 Å². The summed E-state index contributed by atoms with van der Waals surface area (Å²) in [5.74, 6) is 0. The Hall–Kier alpha value is 0.124. The van der Waals surface area contributed by atoms with E-state index in [0.717, 1.165) is 0 Å². The number of aryl methyl sites for hydroxylation is 2. The van der Waals surface area contributed by atoms with E-state index in [9.17, 15) is 0 Å². The summed E-state index contributed by atoms with van der Waals surface area (Å²) >= 11 is 0. The Labute approximate surface area is 112 Å². The molecule has 0 bridgehead atoms. The summed E-state index contributed by atoms with van der Waals surface area (Å²) in [6.07, 6.45) is 0. The third-order valence-electron chi connectivity index (χ3n) is 2.21. The van der Waals surface area contributed by atoms with E-state index in [1.165, 1.54) is 21.9 Å². The van der Waals surface area contributed by atoms with Crippen molar-refractivity contribution in [1.82, 2.24) is 0 Å². The summed E-state index contributed by atoms with van der Waals surface area (Å²) in [5, 5.41) is 2.79. The Morgan fingerprint density at radius 2 is 1.64 bits per heavy atom. The summed E-state index contributed by atoms with van der Waals surface area (Å²) in [6.45, 7) is 4.32. The molecule has 0 N–H and O–H groups in total. The first-order chi connectivity index (χ1) is 5.29. The van der Waals surface area contributed by atoms with Gasteiger partial charge in [0, 0.05) is 0 Å². The molecule has 73 valence electrons. The Morgan fingerprint density at radius 3 is 2.21 bits per heavy atom. The number of halogens is 2. The fraction of sp³-hybridized carbons (Fsp3) is 0.182. The molecule has 0 atom stereocenters. The molecule has 0 nitrogen and oxygen atoms in total. The first-order valence-corrected chi connectivity index (χ1v) is 3.90. The number of fused-ring (bicyclic) bond motifs is 1. The van der Waals surface area contributed by atoms with E-state index >= 15 is 0 Å². The van der Waals surface area contributed by atoms with Gasteiger partial charge in [-0.05, 0) is 6.92 Å². The van der Waals surface area contributed by atoms with Gasteiger partial charge in [0.25, 0.3) is 0 Å². The summed E-state index contributed by atoms with van der Waals surface area (Å²) in [7, 11) is 0. The van der Waals surface area contributed by atoms with Crippen molar-refractivity contribution in [2.24, 2.45) is 0 Å². The molecule has 0 saturated carbocycles. The largest absolute Gasteiger partial charge is 3.00 e. The zero-order valence-electron chi connectivity index (χ0n) is 8.14. The van der Waals surface area contributed by atoms with Crippen LogP contribution in [0.1, 0.15) is 11.1 Å². The summed E-state index contributed by atoms with van der Waals surface area (Å²) in [4.78, 5) is 0. The number of hydrogen-bond donors (Lipinski definition) is 0. The maximum Gasteiger partial charge on any atom is 3.00 e.